The Hall–Kier alpha value is -1.30. The van der Waals surface area contributed by atoms with E-state index in [4.69, 9.17) is 23.2 Å². The second-order valence-electron chi connectivity index (χ2n) is 5.81. The van der Waals surface area contributed by atoms with Crippen molar-refractivity contribution in [3.63, 3.8) is 0 Å². The molecule has 132 valence electrons. The first kappa shape index (κ1) is 19.0. The predicted molar refractivity (Wildman–Crippen MR) is 97.8 cm³/mol. The fourth-order valence-corrected chi connectivity index (χ4v) is 3.23. The van der Waals surface area contributed by atoms with Crippen LogP contribution in [0.4, 0.5) is 5.69 Å². The molecule has 1 heterocycles. The van der Waals surface area contributed by atoms with Crippen LogP contribution >= 0.6 is 23.2 Å². The summed E-state index contributed by atoms with van der Waals surface area (Å²) in [5.41, 5.74) is 0.542. The Balaban J connectivity index is 1.98. The standard InChI is InChI=1S/C17H23Cl2N3O2/c1-3-20-9-11-21(12-10-20)16(24)7-8-22(13(2)23)15-6-4-5-14(18)17(15)19/h4-6H,3,7-12H2,1-2H3. The molecule has 0 spiro atoms. The van der Waals surface area contributed by atoms with E-state index in [1.165, 1.54) is 11.8 Å². The van der Waals surface area contributed by atoms with Crippen LogP contribution in [0, 0.1) is 0 Å². The number of piperazine rings is 1. The van der Waals surface area contributed by atoms with E-state index in [1.807, 2.05) is 4.90 Å². The van der Waals surface area contributed by atoms with Gasteiger partial charge in [-0.2, -0.15) is 0 Å². The fourth-order valence-electron chi connectivity index (χ4n) is 2.83. The second kappa shape index (κ2) is 8.70. The first-order valence-electron chi connectivity index (χ1n) is 8.16. The molecule has 0 saturated carbocycles. The van der Waals surface area contributed by atoms with E-state index >= 15 is 0 Å². The Kier molecular flexibility index (Phi) is 6.90. The van der Waals surface area contributed by atoms with Crippen molar-refractivity contribution in [2.45, 2.75) is 20.3 Å². The average Bonchev–Trinajstić information content (AvgIpc) is 2.58. The highest BCUT2D eigenvalue weighted by atomic mass is 35.5. The Morgan fingerprint density at radius 2 is 1.83 bits per heavy atom. The van der Waals surface area contributed by atoms with E-state index in [-0.39, 0.29) is 18.2 Å². The zero-order valence-corrected chi connectivity index (χ0v) is 15.6. The lowest BCUT2D eigenvalue weighted by Crippen LogP contribution is -2.49. The van der Waals surface area contributed by atoms with Crippen molar-refractivity contribution < 1.29 is 9.59 Å². The van der Waals surface area contributed by atoms with E-state index in [0.29, 0.717) is 22.3 Å². The number of hydrogen-bond acceptors (Lipinski definition) is 3. The van der Waals surface area contributed by atoms with E-state index in [0.717, 1.165) is 32.7 Å². The van der Waals surface area contributed by atoms with Crippen molar-refractivity contribution in [1.82, 2.24) is 9.80 Å². The van der Waals surface area contributed by atoms with Crippen molar-refractivity contribution in [1.29, 1.82) is 0 Å². The lowest BCUT2D eigenvalue weighted by molar-refractivity contribution is -0.132. The van der Waals surface area contributed by atoms with Crippen LogP contribution in [-0.2, 0) is 9.59 Å². The van der Waals surface area contributed by atoms with E-state index in [9.17, 15) is 9.59 Å². The van der Waals surface area contributed by atoms with Crippen molar-refractivity contribution >= 4 is 40.7 Å². The van der Waals surface area contributed by atoms with Gasteiger partial charge >= 0.3 is 0 Å². The monoisotopic (exact) mass is 371 g/mol. The molecule has 1 aliphatic rings. The summed E-state index contributed by atoms with van der Waals surface area (Å²) >= 11 is 12.2. The fraction of sp³-hybridized carbons (Fsp3) is 0.529. The summed E-state index contributed by atoms with van der Waals surface area (Å²) in [5.74, 6) is -0.0991. The molecule has 0 bridgehead atoms. The first-order valence-corrected chi connectivity index (χ1v) is 8.92. The zero-order valence-electron chi connectivity index (χ0n) is 14.1. The molecule has 1 aliphatic heterocycles. The van der Waals surface area contributed by atoms with Crippen LogP contribution in [0.25, 0.3) is 0 Å². The Morgan fingerprint density at radius 1 is 1.17 bits per heavy atom. The van der Waals surface area contributed by atoms with Gasteiger partial charge in [0, 0.05) is 46.1 Å². The maximum absolute atomic E-state index is 12.4. The van der Waals surface area contributed by atoms with Gasteiger partial charge in [-0.15, -0.1) is 0 Å². The third kappa shape index (κ3) is 4.62. The molecule has 1 aromatic rings. The maximum Gasteiger partial charge on any atom is 0.224 e. The van der Waals surface area contributed by atoms with Gasteiger partial charge in [-0.3, -0.25) is 9.59 Å². The molecular weight excluding hydrogens is 349 g/mol. The predicted octanol–water partition coefficient (Wildman–Crippen LogP) is 2.90. The van der Waals surface area contributed by atoms with Crippen LogP contribution in [0.3, 0.4) is 0 Å². The zero-order chi connectivity index (χ0) is 17.7. The number of nitrogens with zero attached hydrogens (tertiary/aromatic N) is 3. The molecule has 0 N–H and O–H groups in total. The topological polar surface area (TPSA) is 43.9 Å². The molecule has 0 radical (unpaired) electrons. The molecule has 24 heavy (non-hydrogen) atoms. The Morgan fingerprint density at radius 3 is 2.42 bits per heavy atom. The minimum absolute atomic E-state index is 0.0650. The largest absolute Gasteiger partial charge is 0.340 e. The minimum atomic E-state index is -0.164. The number of amides is 2. The number of carbonyl (C=O) groups excluding carboxylic acids is 2. The molecule has 0 aliphatic carbocycles. The van der Waals surface area contributed by atoms with Gasteiger partial charge in [-0.05, 0) is 18.7 Å². The third-order valence-electron chi connectivity index (χ3n) is 4.32. The average molecular weight is 372 g/mol. The van der Waals surface area contributed by atoms with Gasteiger partial charge in [0.05, 0.1) is 15.7 Å². The molecule has 0 unspecified atom stereocenters. The third-order valence-corrected chi connectivity index (χ3v) is 5.13. The van der Waals surface area contributed by atoms with Crippen LogP contribution < -0.4 is 4.90 Å². The molecule has 0 atom stereocenters. The quantitative estimate of drug-likeness (QED) is 0.798. The van der Waals surface area contributed by atoms with E-state index in [2.05, 4.69) is 11.8 Å². The number of benzene rings is 1. The highest BCUT2D eigenvalue weighted by Crippen LogP contribution is 2.32. The number of hydrogen-bond donors (Lipinski definition) is 0. The lowest BCUT2D eigenvalue weighted by atomic mass is 10.2. The van der Waals surface area contributed by atoms with Crippen LogP contribution in [-0.4, -0.2) is 60.9 Å². The molecular formula is C17H23Cl2N3O2. The maximum atomic E-state index is 12.4. The summed E-state index contributed by atoms with van der Waals surface area (Å²) in [6.07, 6.45) is 0.272. The first-order chi connectivity index (χ1) is 11.4. The van der Waals surface area contributed by atoms with Gasteiger partial charge in [0.1, 0.15) is 0 Å². The minimum Gasteiger partial charge on any atom is -0.340 e. The Labute approximate surface area is 153 Å². The summed E-state index contributed by atoms with van der Waals surface area (Å²) in [4.78, 5) is 30.1. The molecule has 0 aromatic heterocycles. The number of anilines is 1. The molecule has 1 fully saturated rings. The van der Waals surface area contributed by atoms with Crippen molar-refractivity contribution in [2.24, 2.45) is 0 Å². The summed E-state index contributed by atoms with van der Waals surface area (Å²) in [7, 11) is 0. The number of carbonyl (C=O) groups is 2. The van der Waals surface area contributed by atoms with Gasteiger partial charge < -0.3 is 14.7 Å². The number of halogens is 2. The van der Waals surface area contributed by atoms with E-state index < -0.39 is 0 Å². The van der Waals surface area contributed by atoms with Crippen LogP contribution in [0.1, 0.15) is 20.3 Å². The van der Waals surface area contributed by atoms with Gasteiger partial charge in [0.2, 0.25) is 11.8 Å². The second-order valence-corrected chi connectivity index (χ2v) is 6.59. The van der Waals surface area contributed by atoms with Gasteiger partial charge in [0.25, 0.3) is 0 Å². The molecule has 5 nitrogen and oxygen atoms in total. The molecule has 2 rings (SSSR count). The Bertz CT molecular complexity index is 601. The number of likely N-dealkylation sites (N-methyl/N-ethyl adjacent to an activating group) is 1. The van der Waals surface area contributed by atoms with Crippen LogP contribution in [0.15, 0.2) is 18.2 Å². The number of rotatable bonds is 5. The van der Waals surface area contributed by atoms with Crippen molar-refractivity contribution in [3.8, 4) is 0 Å². The highest BCUT2D eigenvalue weighted by Gasteiger charge is 2.22. The van der Waals surface area contributed by atoms with Crippen molar-refractivity contribution in [2.75, 3.05) is 44.2 Å². The summed E-state index contributed by atoms with van der Waals surface area (Å²) in [6, 6.07) is 5.15. The summed E-state index contributed by atoms with van der Waals surface area (Å²) in [5, 5.41) is 0.723. The molecule has 2 amide bonds. The SMILES string of the molecule is CCN1CCN(C(=O)CCN(C(C)=O)c2cccc(Cl)c2Cl)CC1. The lowest BCUT2D eigenvalue weighted by Gasteiger charge is -2.34. The molecule has 1 aromatic carbocycles. The highest BCUT2D eigenvalue weighted by molar-refractivity contribution is 6.44. The van der Waals surface area contributed by atoms with Crippen LogP contribution in [0.5, 0.6) is 0 Å². The van der Waals surface area contributed by atoms with Crippen LogP contribution in [0.2, 0.25) is 10.0 Å². The summed E-state index contributed by atoms with van der Waals surface area (Å²) in [6.45, 7) is 8.17. The van der Waals surface area contributed by atoms with Gasteiger partial charge in [0.15, 0.2) is 0 Å². The van der Waals surface area contributed by atoms with Gasteiger partial charge in [-0.1, -0.05) is 36.2 Å². The van der Waals surface area contributed by atoms with Crippen molar-refractivity contribution in [3.05, 3.63) is 28.2 Å². The summed E-state index contributed by atoms with van der Waals surface area (Å²) < 4.78 is 0. The van der Waals surface area contributed by atoms with Gasteiger partial charge in [-0.25, -0.2) is 0 Å². The van der Waals surface area contributed by atoms with E-state index in [1.54, 1.807) is 18.2 Å². The smallest absolute Gasteiger partial charge is 0.224 e. The molecule has 1 saturated heterocycles. The normalized spacial score (nSPS) is 15.4. The molecule has 7 heteroatoms.